The van der Waals surface area contributed by atoms with Crippen molar-refractivity contribution in [2.45, 2.75) is 37.2 Å². The molecule has 1 amide bonds. The van der Waals surface area contributed by atoms with Gasteiger partial charge in [0, 0.05) is 18.7 Å². The molecule has 0 unspecified atom stereocenters. The highest BCUT2D eigenvalue weighted by molar-refractivity contribution is 7.89. The highest BCUT2D eigenvalue weighted by atomic mass is 32.2. The van der Waals surface area contributed by atoms with Gasteiger partial charge in [0.1, 0.15) is 5.75 Å². The van der Waals surface area contributed by atoms with Gasteiger partial charge in [-0.3, -0.25) is 4.79 Å². The van der Waals surface area contributed by atoms with Crippen LogP contribution in [-0.4, -0.2) is 44.8 Å². The fraction of sp³-hybridized carbons (Fsp3) is 0.286. The Morgan fingerprint density at radius 3 is 2.24 bits per heavy atom. The van der Waals surface area contributed by atoms with Crippen molar-refractivity contribution in [3.63, 3.8) is 0 Å². The molecular formula is C28H30N2O6S. The number of anilines is 1. The lowest BCUT2D eigenvalue weighted by Crippen LogP contribution is -2.35. The number of amides is 1. The second-order valence-electron chi connectivity index (χ2n) is 8.88. The van der Waals surface area contributed by atoms with Gasteiger partial charge in [-0.1, -0.05) is 42.8 Å². The Kier molecular flexibility index (Phi) is 8.25. The summed E-state index contributed by atoms with van der Waals surface area (Å²) in [6.07, 6.45) is 1.45. The minimum atomic E-state index is -3.62. The maximum Gasteiger partial charge on any atom is 0.339 e. The number of esters is 1. The number of nitrogens with one attached hydrogen (secondary N) is 1. The van der Waals surface area contributed by atoms with Crippen LogP contribution < -0.4 is 10.1 Å². The Morgan fingerprint density at radius 1 is 0.919 bits per heavy atom. The number of piperidine rings is 1. The van der Waals surface area contributed by atoms with Crippen molar-refractivity contribution in [1.29, 1.82) is 0 Å². The van der Waals surface area contributed by atoms with Crippen LogP contribution in [0, 0.1) is 6.92 Å². The van der Waals surface area contributed by atoms with Gasteiger partial charge in [-0.15, -0.1) is 0 Å². The first kappa shape index (κ1) is 26.4. The summed E-state index contributed by atoms with van der Waals surface area (Å²) in [4.78, 5) is 26.4. The standard InChI is InChI=1S/C28H30N2O6S/c1-20-11-16-25(35-2)24(19-20)29-27(31)26(21-9-5-3-6-10-21)36-28(32)22-12-14-23(15-13-22)37(33,34)30-17-7-4-8-18-30/h3,5-6,9-16,19,26H,4,7-8,17-18H2,1-2H3,(H,29,31)/t26-/m0/s1. The van der Waals surface area contributed by atoms with E-state index >= 15 is 0 Å². The van der Waals surface area contributed by atoms with Crippen LogP contribution >= 0.6 is 0 Å². The fourth-order valence-corrected chi connectivity index (χ4v) is 5.73. The van der Waals surface area contributed by atoms with Crippen LogP contribution in [0.2, 0.25) is 0 Å². The molecular weight excluding hydrogens is 492 g/mol. The Bertz CT molecular complexity index is 1350. The Labute approximate surface area is 217 Å². The molecule has 1 fully saturated rings. The lowest BCUT2D eigenvalue weighted by atomic mass is 10.1. The molecule has 0 aliphatic carbocycles. The molecule has 1 saturated heterocycles. The molecule has 1 heterocycles. The zero-order valence-electron chi connectivity index (χ0n) is 20.8. The number of carbonyl (C=O) groups excluding carboxylic acids is 2. The Hall–Kier alpha value is -3.69. The molecule has 9 heteroatoms. The van der Waals surface area contributed by atoms with Crippen LogP contribution in [-0.2, 0) is 19.6 Å². The third-order valence-electron chi connectivity index (χ3n) is 6.22. The molecule has 0 bridgehead atoms. The van der Waals surface area contributed by atoms with Crippen molar-refractivity contribution in [3.05, 3.63) is 89.5 Å². The maximum absolute atomic E-state index is 13.3. The van der Waals surface area contributed by atoms with E-state index in [0.29, 0.717) is 30.1 Å². The van der Waals surface area contributed by atoms with Gasteiger partial charge in [0.2, 0.25) is 16.1 Å². The molecule has 4 rings (SSSR count). The summed E-state index contributed by atoms with van der Waals surface area (Å²) in [7, 11) is -2.12. The number of sulfonamides is 1. The zero-order valence-corrected chi connectivity index (χ0v) is 21.7. The van der Waals surface area contributed by atoms with E-state index in [2.05, 4.69) is 5.32 Å². The minimum Gasteiger partial charge on any atom is -0.495 e. The van der Waals surface area contributed by atoms with Crippen LogP contribution in [0.5, 0.6) is 5.75 Å². The monoisotopic (exact) mass is 522 g/mol. The number of nitrogens with zero attached hydrogens (tertiary/aromatic N) is 1. The van der Waals surface area contributed by atoms with Crippen molar-refractivity contribution < 1.29 is 27.5 Å². The lowest BCUT2D eigenvalue weighted by molar-refractivity contribution is -0.125. The average Bonchev–Trinajstić information content (AvgIpc) is 2.92. The molecule has 0 saturated carbocycles. The third kappa shape index (κ3) is 6.18. The van der Waals surface area contributed by atoms with Crippen molar-refractivity contribution in [3.8, 4) is 5.75 Å². The van der Waals surface area contributed by atoms with Crippen LogP contribution in [0.15, 0.2) is 77.7 Å². The predicted octanol–water partition coefficient (Wildman–Crippen LogP) is 4.72. The average molecular weight is 523 g/mol. The van der Waals surface area contributed by atoms with Crippen LogP contribution in [0.25, 0.3) is 0 Å². The van der Waals surface area contributed by atoms with Crippen molar-refractivity contribution in [2.24, 2.45) is 0 Å². The molecule has 194 valence electrons. The number of aryl methyl sites for hydroxylation is 1. The molecule has 1 N–H and O–H groups in total. The highest BCUT2D eigenvalue weighted by Gasteiger charge is 2.28. The molecule has 1 aliphatic rings. The highest BCUT2D eigenvalue weighted by Crippen LogP contribution is 2.28. The minimum absolute atomic E-state index is 0.120. The van der Waals surface area contributed by atoms with E-state index in [-0.39, 0.29) is 10.5 Å². The summed E-state index contributed by atoms with van der Waals surface area (Å²) in [6.45, 7) is 2.87. The summed E-state index contributed by atoms with van der Waals surface area (Å²) in [5.74, 6) is -0.822. The predicted molar refractivity (Wildman–Crippen MR) is 140 cm³/mol. The lowest BCUT2D eigenvalue weighted by Gasteiger charge is -2.25. The number of hydrogen-bond donors (Lipinski definition) is 1. The summed E-state index contributed by atoms with van der Waals surface area (Å²) < 4.78 is 38.3. The summed E-state index contributed by atoms with van der Waals surface area (Å²) in [6, 6.07) is 19.7. The number of carbonyl (C=O) groups is 2. The van der Waals surface area contributed by atoms with Crippen LogP contribution in [0.1, 0.15) is 46.9 Å². The van der Waals surface area contributed by atoms with Gasteiger partial charge in [0.15, 0.2) is 0 Å². The van der Waals surface area contributed by atoms with Crippen molar-refractivity contribution in [1.82, 2.24) is 4.31 Å². The Morgan fingerprint density at radius 2 is 1.59 bits per heavy atom. The van der Waals surface area contributed by atoms with Crippen LogP contribution in [0.4, 0.5) is 5.69 Å². The largest absolute Gasteiger partial charge is 0.495 e. The van der Waals surface area contributed by atoms with Gasteiger partial charge in [-0.05, 0) is 61.7 Å². The first-order valence-corrected chi connectivity index (χ1v) is 13.6. The van der Waals surface area contributed by atoms with Crippen LogP contribution in [0.3, 0.4) is 0 Å². The molecule has 3 aromatic rings. The third-order valence-corrected chi connectivity index (χ3v) is 8.13. The van der Waals surface area contributed by atoms with E-state index < -0.39 is 28.0 Å². The normalized spacial score (nSPS) is 15.0. The van der Waals surface area contributed by atoms with Crippen molar-refractivity contribution in [2.75, 3.05) is 25.5 Å². The van der Waals surface area contributed by atoms with Gasteiger partial charge in [0.25, 0.3) is 5.91 Å². The van der Waals surface area contributed by atoms with E-state index in [1.807, 2.05) is 13.0 Å². The Balaban J connectivity index is 1.54. The number of benzene rings is 3. The zero-order chi connectivity index (χ0) is 26.4. The van der Waals surface area contributed by atoms with Gasteiger partial charge in [-0.2, -0.15) is 4.31 Å². The summed E-state index contributed by atoms with van der Waals surface area (Å²) >= 11 is 0. The van der Waals surface area contributed by atoms with E-state index in [1.54, 1.807) is 42.5 Å². The first-order valence-electron chi connectivity index (χ1n) is 12.1. The summed E-state index contributed by atoms with van der Waals surface area (Å²) in [5, 5.41) is 2.80. The maximum atomic E-state index is 13.3. The number of rotatable bonds is 8. The molecule has 1 atom stereocenters. The van der Waals surface area contributed by atoms with E-state index in [1.165, 1.54) is 35.7 Å². The second kappa shape index (κ2) is 11.6. The van der Waals surface area contributed by atoms with E-state index in [0.717, 1.165) is 24.8 Å². The van der Waals surface area contributed by atoms with Gasteiger partial charge in [0.05, 0.1) is 23.3 Å². The molecule has 0 spiro atoms. The summed E-state index contributed by atoms with van der Waals surface area (Å²) in [5.41, 5.74) is 2.00. The number of ether oxygens (including phenoxy) is 2. The second-order valence-corrected chi connectivity index (χ2v) is 10.8. The van der Waals surface area contributed by atoms with Crippen molar-refractivity contribution >= 4 is 27.6 Å². The first-order chi connectivity index (χ1) is 17.8. The number of hydrogen-bond acceptors (Lipinski definition) is 6. The molecule has 1 aliphatic heterocycles. The fourth-order valence-electron chi connectivity index (χ4n) is 4.21. The molecule has 0 radical (unpaired) electrons. The van der Waals surface area contributed by atoms with Gasteiger partial charge in [-0.25, -0.2) is 13.2 Å². The SMILES string of the molecule is COc1ccc(C)cc1NC(=O)[C@@H](OC(=O)c1ccc(S(=O)(=O)N2CCCCC2)cc1)c1ccccc1. The molecule has 8 nitrogen and oxygen atoms in total. The van der Waals surface area contributed by atoms with Gasteiger partial charge >= 0.3 is 5.97 Å². The van der Waals surface area contributed by atoms with E-state index in [4.69, 9.17) is 9.47 Å². The van der Waals surface area contributed by atoms with Gasteiger partial charge < -0.3 is 14.8 Å². The molecule has 0 aromatic heterocycles. The quantitative estimate of drug-likeness (QED) is 0.430. The smallest absolute Gasteiger partial charge is 0.339 e. The molecule has 37 heavy (non-hydrogen) atoms. The van der Waals surface area contributed by atoms with E-state index in [9.17, 15) is 18.0 Å². The number of methoxy groups -OCH3 is 1. The topological polar surface area (TPSA) is 102 Å². The molecule has 3 aromatic carbocycles.